The fourth-order valence-corrected chi connectivity index (χ4v) is 3.97. The van der Waals surface area contributed by atoms with E-state index in [1.807, 2.05) is 24.4 Å². The monoisotopic (exact) mass is 373 g/mol. The van der Waals surface area contributed by atoms with Gasteiger partial charge in [0.05, 0.1) is 15.8 Å². The number of aromatic nitrogens is 1. The SMILES string of the molecule is CC(c1cccc([N+](=O)[O-])c1)N(C)C(=O)c1csc(-c2cccs2)n1. The van der Waals surface area contributed by atoms with Crippen LogP contribution in [0.2, 0.25) is 0 Å². The Hall–Kier alpha value is -2.58. The van der Waals surface area contributed by atoms with Gasteiger partial charge in [-0.2, -0.15) is 0 Å². The van der Waals surface area contributed by atoms with E-state index in [0.29, 0.717) is 11.3 Å². The van der Waals surface area contributed by atoms with Crippen LogP contribution in [0.3, 0.4) is 0 Å². The Kier molecular flexibility index (Phi) is 4.91. The second-order valence-electron chi connectivity index (χ2n) is 5.46. The third-order valence-electron chi connectivity index (χ3n) is 3.92. The molecule has 0 aliphatic carbocycles. The van der Waals surface area contributed by atoms with Gasteiger partial charge in [-0.25, -0.2) is 4.98 Å². The van der Waals surface area contributed by atoms with E-state index >= 15 is 0 Å². The second-order valence-corrected chi connectivity index (χ2v) is 7.27. The third kappa shape index (κ3) is 3.59. The van der Waals surface area contributed by atoms with Crippen molar-refractivity contribution in [2.45, 2.75) is 13.0 Å². The first-order valence-electron chi connectivity index (χ1n) is 7.48. The smallest absolute Gasteiger partial charge is 0.273 e. The first-order valence-corrected chi connectivity index (χ1v) is 9.24. The van der Waals surface area contributed by atoms with Gasteiger partial charge in [0.25, 0.3) is 11.6 Å². The molecule has 128 valence electrons. The zero-order chi connectivity index (χ0) is 18.0. The predicted octanol–water partition coefficient (Wildman–Crippen LogP) is 4.61. The maximum Gasteiger partial charge on any atom is 0.273 e. The van der Waals surface area contributed by atoms with Crippen molar-refractivity contribution in [3.8, 4) is 9.88 Å². The van der Waals surface area contributed by atoms with Crippen LogP contribution in [-0.4, -0.2) is 27.8 Å². The van der Waals surface area contributed by atoms with E-state index in [4.69, 9.17) is 0 Å². The maximum atomic E-state index is 12.7. The molecule has 1 amide bonds. The molecular formula is C17H15N3O3S2. The number of hydrogen-bond donors (Lipinski definition) is 0. The molecule has 1 aromatic carbocycles. The molecule has 6 nitrogen and oxygen atoms in total. The normalized spacial score (nSPS) is 11.9. The van der Waals surface area contributed by atoms with Crippen LogP contribution in [-0.2, 0) is 0 Å². The summed E-state index contributed by atoms with van der Waals surface area (Å²) >= 11 is 3.01. The second kappa shape index (κ2) is 7.12. The van der Waals surface area contributed by atoms with Gasteiger partial charge in [-0.1, -0.05) is 18.2 Å². The standard InChI is InChI=1S/C17H15N3O3S2/c1-11(12-5-3-6-13(9-12)20(22)23)19(2)17(21)14-10-25-16(18-14)15-7-4-8-24-15/h3-11H,1-2H3. The Morgan fingerprint density at radius 2 is 2.08 bits per heavy atom. The number of non-ortho nitro benzene ring substituents is 1. The Morgan fingerprint density at radius 3 is 2.76 bits per heavy atom. The molecule has 0 aliphatic rings. The maximum absolute atomic E-state index is 12.7. The highest BCUT2D eigenvalue weighted by Crippen LogP contribution is 2.29. The summed E-state index contributed by atoms with van der Waals surface area (Å²) in [6.07, 6.45) is 0. The average molecular weight is 373 g/mol. The van der Waals surface area contributed by atoms with Gasteiger partial charge in [-0.15, -0.1) is 22.7 Å². The Labute approximate surface area is 152 Å². The number of carbonyl (C=O) groups is 1. The van der Waals surface area contributed by atoms with Gasteiger partial charge in [-0.05, 0) is 23.9 Å². The summed E-state index contributed by atoms with van der Waals surface area (Å²) in [5.41, 5.74) is 1.10. The van der Waals surface area contributed by atoms with Crippen molar-refractivity contribution < 1.29 is 9.72 Å². The third-order valence-corrected chi connectivity index (χ3v) is 5.80. The van der Waals surface area contributed by atoms with Crippen LogP contribution >= 0.6 is 22.7 Å². The van der Waals surface area contributed by atoms with Gasteiger partial charge in [-0.3, -0.25) is 14.9 Å². The highest BCUT2D eigenvalue weighted by atomic mass is 32.1. The van der Waals surface area contributed by atoms with Gasteiger partial charge >= 0.3 is 0 Å². The summed E-state index contributed by atoms with van der Waals surface area (Å²) in [6, 6.07) is 9.93. The van der Waals surface area contributed by atoms with Crippen LogP contribution in [0.5, 0.6) is 0 Å². The van der Waals surface area contributed by atoms with E-state index in [1.54, 1.807) is 40.8 Å². The average Bonchev–Trinajstić information content (AvgIpc) is 3.31. The molecule has 1 unspecified atom stereocenters. The molecule has 0 saturated heterocycles. The molecule has 2 aromatic heterocycles. The number of thiophene rings is 1. The molecule has 0 fully saturated rings. The molecule has 25 heavy (non-hydrogen) atoms. The van der Waals surface area contributed by atoms with E-state index in [1.165, 1.54) is 23.5 Å². The van der Waals surface area contributed by atoms with Crippen molar-refractivity contribution in [1.82, 2.24) is 9.88 Å². The van der Waals surface area contributed by atoms with Crippen LogP contribution in [0.4, 0.5) is 5.69 Å². The number of nitro groups is 1. The number of benzene rings is 1. The molecule has 2 heterocycles. The molecule has 1 atom stereocenters. The minimum atomic E-state index is -0.439. The lowest BCUT2D eigenvalue weighted by molar-refractivity contribution is -0.384. The lowest BCUT2D eigenvalue weighted by atomic mass is 10.1. The highest BCUT2D eigenvalue weighted by Gasteiger charge is 2.22. The van der Waals surface area contributed by atoms with Crippen molar-refractivity contribution in [3.05, 3.63) is 68.5 Å². The quantitative estimate of drug-likeness (QED) is 0.483. The fourth-order valence-electron chi connectivity index (χ4n) is 2.36. The number of nitro benzene ring substituents is 1. The summed E-state index contributed by atoms with van der Waals surface area (Å²) in [5.74, 6) is -0.210. The lowest BCUT2D eigenvalue weighted by Crippen LogP contribution is -2.29. The number of rotatable bonds is 5. The van der Waals surface area contributed by atoms with E-state index < -0.39 is 4.92 Å². The molecule has 0 spiro atoms. The van der Waals surface area contributed by atoms with Crippen LogP contribution in [0, 0.1) is 10.1 Å². The molecule has 0 radical (unpaired) electrons. The van der Waals surface area contributed by atoms with Crippen LogP contribution in [0.25, 0.3) is 9.88 Å². The van der Waals surface area contributed by atoms with Gasteiger partial charge in [0.2, 0.25) is 0 Å². The molecule has 0 N–H and O–H groups in total. The first-order chi connectivity index (χ1) is 12.0. The Morgan fingerprint density at radius 1 is 1.28 bits per heavy atom. The first kappa shape index (κ1) is 17.2. The fraction of sp³-hybridized carbons (Fsp3) is 0.176. The molecule has 0 aliphatic heterocycles. The molecule has 0 saturated carbocycles. The van der Waals surface area contributed by atoms with Crippen LogP contribution in [0.1, 0.15) is 29.0 Å². The summed E-state index contributed by atoms with van der Waals surface area (Å²) in [4.78, 5) is 30.2. The lowest BCUT2D eigenvalue weighted by Gasteiger charge is -2.24. The van der Waals surface area contributed by atoms with Gasteiger partial charge < -0.3 is 4.90 Å². The van der Waals surface area contributed by atoms with Gasteiger partial charge in [0.15, 0.2) is 0 Å². The van der Waals surface area contributed by atoms with E-state index in [9.17, 15) is 14.9 Å². The molecule has 8 heteroatoms. The van der Waals surface area contributed by atoms with E-state index in [-0.39, 0.29) is 17.6 Å². The number of hydrogen-bond acceptors (Lipinski definition) is 6. The van der Waals surface area contributed by atoms with Crippen LogP contribution < -0.4 is 0 Å². The summed E-state index contributed by atoms with van der Waals surface area (Å²) in [6.45, 7) is 1.84. The number of amides is 1. The van der Waals surface area contributed by atoms with Gasteiger partial charge in [0, 0.05) is 24.6 Å². The zero-order valence-electron chi connectivity index (χ0n) is 13.6. The van der Waals surface area contributed by atoms with Crippen molar-refractivity contribution in [2.75, 3.05) is 7.05 Å². The Balaban J connectivity index is 1.80. The van der Waals surface area contributed by atoms with E-state index in [0.717, 1.165) is 9.88 Å². The molecule has 0 bridgehead atoms. The van der Waals surface area contributed by atoms with Gasteiger partial charge in [0.1, 0.15) is 10.7 Å². The Bertz CT molecular complexity index is 906. The minimum Gasteiger partial charge on any atom is -0.334 e. The predicted molar refractivity (Wildman–Crippen MR) is 99.0 cm³/mol. The number of carbonyl (C=O) groups excluding carboxylic acids is 1. The number of nitrogens with zero attached hydrogens (tertiary/aromatic N) is 3. The van der Waals surface area contributed by atoms with Crippen LogP contribution in [0.15, 0.2) is 47.2 Å². The highest BCUT2D eigenvalue weighted by molar-refractivity contribution is 7.20. The minimum absolute atomic E-state index is 0.0128. The summed E-state index contributed by atoms with van der Waals surface area (Å²) in [7, 11) is 1.68. The molecular weight excluding hydrogens is 358 g/mol. The van der Waals surface area contributed by atoms with Crippen molar-refractivity contribution in [1.29, 1.82) is 0 Å². The summed E-state index contributed by atoms with van der Waals surface area (Å²) < 4.78 is 0. The van der Waals surface area contributed by atoms with Crippen molar-refractivity contribution in [3.63, 3.8) is 0 Å². The van der Waals surface area contributed by atoms with Crippen molar-refractivity contribution >= 4 is 34.3 Å². The summed E-state index contributed by atoms with van der Waals surface area (Å²) in [5, 5.41) is 15.5. The topological polar surface area (TPSA) is 76.3 Å². The van der Waals surface area contributed by atoms with E-state index in [2.05, 4.69) is 4.98 Å². The molecule has 3 rings (SSSR count). The molecule has 3 aromatic rings. The van der Waals surface area contributed by atoms with Crippen molar-refractivity contribution in [2.24, 2.45) is 0 Å². The largest absolute Gasteiger partial charge is 0.334 e. The number of thiazole rings is 1. The zero-order valence-corrected chi connectivity index (χ0v) is 15.2.